The molecule has 3 aromatic rings. The van der Waals surface area contributed by atoms with Crippen molar-refractivity contribution in [3.63, 3.8) is 0 Å². The molecule has 0 N–H and O–H groups in total. The Hall–Kier alpha value is -2.32. The molecule has 0 saturated carbocycles. The Kier molecular flexibility index (Phi) is 6.27. The molecule has 6 nitrogen and oxygen atoms in total. The zero-order chi connectivity index (χ0) is 21.0. The highest BCUT2D eigenvalue weighted by atomic mass is 32.1. The summed E-state index contributed by atoms with van der Waals surface area (Å²) in [6, 6.07) is 18.3. The quantitative estimate of drug-likeness (QED) is 0.615. The van der Waals surface area contributed by atoms with E-state index in [-0.39, 0.29) is 11.9 Å². The largest absolute Gasteiger partial charge is 0.378 e. The molecule has 0 spiro atoms. The highest BCUT2D eigenvalue weighted by Crippen LogP contribution is 2.27. The van der Waals surface area contributed by atoms with Gasteiger partial charge in [0.15, 0.2) is 0 Å². The normalized spacial score (nSPS) is 19.5. The van der Waals surface area contributed by atoms with Crippen LogP contribution in [0.2, 0.25) is 0 Å². The first-order valence-corrected chi connectivity index (χ1v) is 11.8. The summed E-state index contributed by atoms with van der Waals surface area (Å²) in [7, 11) is 0. The number of para-hydroxylation sites is 1. The monoisotopic (exact) mass is 436 g/mol. The minimum absolute atomic E-state index is 0.203. The second kappa shape index (κ2) is 9.44. The minimum Gasteiger partial charge on any atom is -0.378 e. The van der Waals surface area contributed by atoms with Crippen molar-refractivity contribution in [2.45, 2.75) is 12.6 Å². The van der Waals surface area contributed by atoms with Crippen molar-refractivity contribution in [1.29, 1.82) is 0 Å². The van der Waals surface area contributed by atoms with Crippen LogP contribution in [0, 0.1) is 0 Å². The van der Waals surface area contributed by atoms with Crippen LogP contribution in [0.25, 0.3) is 10.2 Å². The number of benzene rings is 2. The SMILES string of the molecule is O=C([C@H](c1ccccc1)N1CCN(Cc2nc3ccccc3s2)CC1)N1CCOCC1. The molecule has 0 radical (unpaired) electrons. The smallest absolute Gasteiger partial charge is 0.244 e. The van der Waals surface area contributed by atoms with E-state index < -0.39 is 0 Å². The zero-order valence-electron chi connectivity index (χ0n) is 17.7. The molecule has 5 rings (SSSR count). The van der Waals surface area contributed by atoms with E-state index in [1.54, 1.807) is 11.3 Å². The Morgan fingerprint density at radius 2 is 1.65 bits per heavy atom. The van der Waals surface area contributed by atoms with Gasteiger partial charge in [0, 0.05) is 39.3 Å². The van der Waals surface area contributed by atoms with Gasteiger partial charge in [0.05, 0.1) is 30.0 Å². The van der Waals surface area contributed by atoms with Gasteiger partial charge in [-0.1, -0.05) is 42.5 Å². The molecule has 1 atom stereocenters. The van der Waals surface area contributed by atoms with Gasteiger partial charge in [0.1, 0.15) is 11.0 Å². The second-order valence-electron chi connectivity index (χ2n) is 8.14. The Bertz CT molecular complexity index is 978. The minimum atomic E-state index is -0.219. The Morgan fingerprint density at radius 1 is 0.935 bits per heavy atom. The van der Waals surface area contributed by atoms with Gasteiger partial charge in [0.2, 0.25) is 5.91 Å². The summed E-state index contributed by atoms with van der Waals surface area (Å²) in [5.41, 5.74) is 2.17. The van der Waals surface area contributed by atoms with Crippen LogP contribution < -0.4 is 0 Å². The molecule has 0 aliphatic carbocycles. The summed E-state index contributed by atoms with van der Waals surface area (Å²) in [5.74, 6) is 0.203. The fourth-order valence-electron chi connectivity index (χ4n) is 4.46. The number of rotatable bonds is 5. The van der Waals surface area contributed by atoms with E-state index in [1.165, 1.54) is 9.71 Å². The number of carbonyl (C=O) groups is 1. The van der Waals surface area contributed by atoms with Crippen LogP contribution >= 0.6 is 11.3 Å². The fraction of sp³-hybridized carbons (Fsp3) is 0.417. The predicted octanol–water partition coefficient (Wildman–Crippen LogP) is 3.01. The summed E-state index contributed by atoms with van der Waals surface area (Å²) >= 11 is 1.78. The molecule has 2 fully saturated rings. The lowest BCUT2D eigenvalue weighted by Gasteiger charge is -2.40. The lowest BCUT2D eigenvalue weighted by molar-refractivity contribution is -0.142. The molecule has 1 aromatic heterocycles. The van der Waals surface area contributed by atoms with Gasteiger partial charge >= 0.3 is 0 Å². The van der Waals surface area contributed by atoms with E-state index in [9.17, 15) is 4.79 Å². The first-order valence-electron chi connectivity index (χ1n) is 11.0. The third-order valence-electron chi connectivity index (χ3n) is 6.14. The third-order valence-corrected chi connectivity index (χ3v) is 7.16. The van der Waals surface area contributed by atoms with E-state index in [0.717, 1.165) is 43.8 Å². The van der Waals surface area contributed by atoms with E-state index in [0.29, 0.717) is 26.3 Å². The maximum Gasteiger partial charge on any atom is 0.244 e. The second-order valence-corrected chi connectivity index (χ2v) is 9.25. The van der Waals surface area contributed by atoms with Crippen molar-refractivity contribution >= 4 is 27.5 Å². The lowest BCUT2D eigenvalue weighted by Crippen LogP contribution is -2.52. The Morgan fingerprint density at radius 3 is 2.39 bits per heavy atom. The van der Waals surface area contributed by atoms with E-state index in [2.05, 4.69) is 40.1 Å². The van der Waals surface area contributed by atoms with Crippen LogP contribution in [-0.4, -0.2) is 78.1 Å². The predicted molar refractivity (Wildman–Crippen MR) is 123 cm³/mol. The number of nitrogens with zero attached hydrogens (tertiary/aromatic N) is 4. The van der Waals surface area contributed by atoms with Crippen molar-refractivity contribution in [3.05, 3.63) is 65.2 Å². The van der Waals surface area contributed by atoms with Gasteiger partial charge in [-0.15, -0.1) is 11.3 Å². The number of morpholine rings is 1. The van der Waals surface area contributed by atoms with E-state index >= 15 is 0 Å². The van der Waals surface area contributed by atoms with Gasteiger partial charge in [0.25, 0.3) is 0 Å². The van der Waals surface area contributed by atoms with Gasteiger partial charge in [-0.3, -0.25) is 14.6 Å². The maximum atomic E-state index is 13.5. The highest BCUT2D eigenvalue weighted by molar-refractivity contribution is 7.18. The third kappa shape index (κ3) is 4.65. The number of aromatic nitrogens is 1. The van der Waals surface area contributed by atoms with Crippen molar-refractivity contribution < 1.29 is 9.53 Å². The van der Waals surface area contributed by atoms with Crippen LogP contribution in [0.15, 0.2) is 54.6 Å². The summed E-state index contributed by atoms with van der Waals surface area (Å²) in [6.45, 7) is 7.12. The molecule has 0 unspecified atom stereocenters. The first-order chi connectivity index (χ1) is 15.3. The molecule has 0 bridgehead atoms. The molecule has 2 aliphatic rings. The van der Waals surface area contributed by atoms with Crippen LogP contribution in [0.1, 0.15) is 16.6 Å². The van der Waals surface area contributed by atoms with Crippen LogP contribution in [0.4, 0.5) is 0 Å². The fourth-order valence-corrected chi connectivity index (χ4v) is 5.47. The summed E-state index contributed by atoms with van der Waals surface area (Å²) in [5, 5.41) is 1.17. The lowest BCUT2D eigenvalue weighted by atomic mass is 10.0. The molecular weight excluding hydrogens is 408 g/mol. The van der Waals surface area contributed by atoms with Crippen molar-refractivity contribution in [1.82, 2.24) is 19.7 Å². The van der Waals surface area contributed by atoms with Gasteiger partial charge < -0.3 is 9.64 Å². The van der Waals surface area contributed by atoms with Crippen LogP contribution in [0.5, 0.6) is 0 Å². The van der Waals surface area contributed by atoms with Gasteiger partial charge in [-0.05, 0) is 17.7 Å². The number of piperazine rings is 1. The average Bonchev–Trinajstić information content (AvgIpc) is 3.24. The Labute approximate surface area is 187 Å². The number of ether oxygens (including phenoxy) is 1. The highest BCUT2D eigenvalue weighted by Gasteiger charge is 2.34. The maximum absolute atomic E-state index is 13.5. The molecular formula is C24H28N4O2S. The number of hydrogen-bond acceptors (Lipinski definition) is 6. The summed E-state index contributed by atoms with van der Waals surface area (Å²) < 4.78 is 6.70. The van der Waals surface area contributed by atoms with Crippen molar-refractivity contribution in [3.8, 4) is 0 Å². The molecule has 2 aromatic carbocycles. The number of carbonyl (C=O) groups excluding carboxylic acids is 1. The topological polar surface area (TPSA) is 48.9 Å². The van der Waals surface area contributed by atoms with Crippen LogP contribution in [-0.2, 0) is 16.1 Å². The number of thiazole rings is 1. The Balaban J connectivity index is 1.27. The van der Waals surface area contributed by atoms with Gasteiger partial charge in [-0.2, -0.15) is 0 Å². The van der Waals surface area contributed by atoms with Gasteiger partial charge in [-0.25, -0.2) is 4.98 Å². The van der Waals surface area contributed by atoms with E-state index in [4.69, 9.17) is 9.72 Å². The molecule has 7 heteroatoms. The van der Waals surface area contributed by atoms with Crippen molar-refractivity contribution in [2.24, 2.45) is 0 Å². The zero-order valence-corrected chi connectivity index (χ0v) is 18.5. The average molecular weight is 437 g/mol. The molecule has 162 valence electrons. The molecule has 2 saturated heterocycles. The summed E-state index contributed by atoms with van der Waals surface area (Å²) in [6.07, 6.45) is 0. The number of fused-ring (bicyclic) bond motifs is 1. The molecule has 1 amide bonds. The number of amides is 1. The summed E-state index contributed by atoms with van der Waals surface area (Å²) in [4.78, 5) is 25.0. The number of hydrogen-bond donors (Lipinski definition) is 0. The van der Waals surface area contributed by atoms with E-state index in [1.807, 2.05) is 29.2 Å². The molecule has 31 heavy (non-hydrogen) atoms. The standard InChI is InChI=1S/C24H28N4O2S/c29-24(28-14-16-30-17-15-28)23(19-6-2-1-3-7-19)27-12-10-26(11-13-27)18-22-25-20-8-4-5-9-21(20)31-22/h1-9,23H,10-18H2/t23-/m0/s1. The first kappa shape index (κ1) is 20.6. The van der Waals surface area contributed by atoms with Crippen molar-refractivity contribution in [2.75, 3.05) is 52.5 Å². The molecule has 3 heterocycles. The molecule has 2 aliphatic heterocycles. The van der Waals surface area contributed by atoms with Crippen LogP contribution in [0.3, 0.4) is 0 Å².